The second kappa shape index (κ2) is 11.4. The van der Waals surface area contributed by atoms with E-state index in [0.29, 0.717) is 18.7 Å². The van der Waals surface area contributed by atoms with E-state index in [-0.39, 0.29) is 30.3 Å². The van der Waals surface area contributed by atoms with Crippen LogP contribution in [0.5, 0.6) is 5.75 Å². The number of likely N-dealkylation sites (N-methyl/N-ethyl adjacent to an activating group) is 1. The van der Waals surface area contributed by atoms with Crippen LogP contribution in [0.3, 0.4) is 0 Å². The Morgan fingerprint density at radius 2 is 1.87 bits per heavy atom. The van der Waals surface area contributed by atoms with Crippen LogP contribution in [-0.4, -0.2) is 65.3 Å². The van der Waals surface area contributed by atoms with Crippen molar-refractivity contribution in [2.24, 2.45) is 17.8 Å². The van der Waals surface area contributed by atoms with E-state index in [1.807, 2.05) is 38.1 Å². The van der Waals surface area contributed by atoms with Gasteiger partial charge in [-0.3, -0.25) is 9.59 Å². The van der Waals surface area contributed by atoms with Gasteiger partial charge in [0.2, 0.25) is 0 Å². The minimum atomic E-state index is -0.658. The lowest BCUT2D eigenvalue weighted by molar-refractivity contribution is -0.144. The van der Waals surface area contributed by atoms with Crippen LogP contribution in [0.15, 0.2) is 41.8 Å². The second-order valence-corrected chi connectivity index (χ2v) is 11.6. The van der Waals surface area contributed by atoms with Crippen LogP contribution in [0.1, 0.15) is 39.9 Å². The standard InChI is InChI=1S/C30H35N3O5S/c1-18-4-9-26(38-16-23-8-5-20(13-19(23)2)28(35)32(3)10-11-34)24(12-18)25-17-39-30(31-25)33-14-21-6-7-22(15-33)27(21)29(36)37/h4-5,8-9,12-13,17,21-22,27,34H,6-7,10-11,14-16H2,1-3H3,(H,36,37)/t21-,22+,27+. The number of anilines is 1. The molecule has 2 aromatic carbocycles. The van der Waals surface area contributed by atoms with Crippen molar-refractivity contribution in [1.82, 2.24) is 9.88 Å². The fourth-order valence-electron chi connectivity index (χ4n) is 5.90. The maximum absolute atomic E-state index is 12.6. The highest BCUT2D eigenvalue weighted by atomic mass is 32.1. The van der Waals surface area contributed by atoms with Crippen LogP contribution in [0, 0.1) is 31.6 Å². The molecule has 206 valence electrons. The zero-order chi connectivity index (χ0) is 27.7. The lowest BCUT2D eigenvalue weighted by atomic mass is 9.85. The molecular formula is C30H35N3O5S. The third-order valence-electron chi connectivity index (χ3n) is 8.05. The summed E-state index contributed by atoms with van der Waals surface area (Å²) in [6, 6.07) is 11.6. The number of aliphatic hydroxyl groups is 1. The lowest BCUT2D eigenvalue weighted by Crippen LogP contribution is -2.44. The summed E-state index contributed by atoms with van der Waals surface area (Å²) in [5.41, 5.74) is 5.42. The lowest BCUT2D eigenvalue weighted by Gasteiger charge is -2.35. The second-order valence-electron chi connectivity index (χ2n) is 10.8. The predicted molar refractivity (Wildman–Crippen MR) is 151 cm³/mol. The van der Waals surface area contributed by atoms with Gasteiger partial charge in [0.25, 0.3) is 5.91 Å². The smallest absolute Gasteiger partial charge is 0.307 e. The number of nitrogens with zero attached hydrogens (tertiary/aromatic N) is 3. The highest BCUT2D eigenvalue weighted by molar-refractivity contribution is 7.14. The van der Waals surface area contributed by atoms with Gasteiger partial charge >= 0.3 is 5.97 Å². The molecule has 39 heavy (non-hydrogen) atoms. The number of aromatic nitrogens is 1. The number of ether oxygens (including phenoxy) is 1. The van der Waals surface area contributed by atoms with Crippen molar-refractivity contribution >= 4 is 28.3 Å². The molecule has 1 aliphatic carbocycles. The molecule has 1 saturated carbocycles. The molecule has 9 heteroatoms. The van der Waals surface area contributed by atoms with E-state index in [2.05, 4.69) is 16.3 Å². The van der Waals surface area contributed by atoms with E-state index in [1.165, 1.54) is 4.90 Å². The summed E-state index contributed by atoms with van der Waals surface area (Å²) in [5.74, 6) is 0.103. The molecule has 2 aliphatic rings. The van der Waals surface area contributed by atoms with Gasteiger partial charge < -0.3 is 24.7 Å². The molecule has 1 amide bonds. The molecule has 0 spiro atoms. The highest BCUT2D eigenvalue weighted by Crippen LogP contribution is 2.44. The Labute approximate surface area is 232 Å². The number of amides is 1. The van der Waals surface area contributed by atoms with Crippen LogP contribution < -0.4 is 9.64 Å². The first-order valence-electron chi connectivity index (χ1n) is 13.4. The van der Waals surface area contributed by atoms with E-state index in [0.717, 1.165) is 64.8 Å². The van der Waals surface area contributed by atoms with Gasteiger partial charge in [-0.1, -0.05) is 17.7 Å². The molecule has 2 fully saturated rings. The van der Waals surface area contributed by atoms with Gasteiger partial charge in [0.15, 0.2) is 5.13 Å². The van der Waals surface area contributed by atoms with Crippen LogP contribution in [0.2, 0.25) is 0 Å². The quantitative estimate of drug-likeness (QED) is 0.402. The maximum Gasteiger partial charge on any atom is 0.307 e. The van der Waals surface area contributed by atoms with Crippen LogP contribution in [-0.2, 0) is 11.4 Å². The molecule has 3 atom stereocenters. The van der Waals surface area contributed by atoms with Crippen molar-refractivity contribution in [2.75, 3.05) is 38.2 Å². The van der Waals surface area contributed by atoms with Gasteiger partial charge in [0, 0.05) is 43.2 Å². The summed E-state index contributed by atoms with van der Waals surface area (Å²) in [6.45, 7) is 6.06. The van der Waals surface area contributed by atoms with Gasteiger partial charge in [0.05, 0.1) is 18.2 Å². The van der Waals surface area contributed by atoms with E-state index in [1.54, 1.807) is 24.5 Å². The van der Waals surface area contributed by atoms with Crippen LogP contribution in [0.4, 0.5) is 5.13 Å². The van der Waals surface area contributed by atoms with Gasteiger partial charge in [-0.15, -0.1) is 11.3 Å². The monoisotopic (exact) mass is 549 g/mol. The molecule has 0 radical (unpaired) electrons. The van der Waals surface area contributed by atoms with Crippen LogP contribution >= 0.6 is 11.3 Å². The Bertz CT molecular complexity index is 1360. The fraction of sp³-hybridized carbons (Fsp3) is 0.433. The summed E-state index contributed by atoms with van der Waals surface area (Å²) < 4.78 is 6.30. The molecule has 0 unspecified atom stereocenters. The number of thiazole rings is 1. The first kappa shape index (κ1) is 27.1. The first-order valence-corrected chi connectivity index (χ1v) is 14.3. The molecule has 2 N–H and O–H groups in total. The van der Waals surface area contributed by atoms with Crippen molar-refractivity contribution in [1.29, 1.82) is 0 Å². The van der Waals surface area contributed by atoms with Crippen molar-refractivity contribution in [2.45, 2.75) is 33.3 Å². The van der Waals surface area contributed by atoms with Crippen LogP contribution in [0.25, 0.3) is 11.3 Å². The number of piperidine rings is 1. The molecule has 2 bridgehead atoms. The fourth-order valence-corrected chi connectivity index (χ4v) is 6.75. The van der Waals surface area contributed by atoms with E-state index in [4.69, 9.17) is 14.8 Å². The number of rotatable bonds is 9. The zero-order valence-electron chi connectivity index (χ0n) is 22.6. The predicted octanol–water partition coefficient (Wildman–Crippen LogP) is 4.62. The zero-order valence-corrected chi connectivity index (χ0v) is 23.4. The van der Waals surface area contributed by atoms with Gasteiger partial charge in [0.1, 0.15) is 12.4 Å². The number of hydrogen-bond donors (Lipinski definition) is 2. The van der Waals surface area contributed by atoms with Crippen molar-refractivity contribution in [3.05, 3.63) is 64.0 Å². The average molecular weight is 550 g/mol. The highest BCUT2D eigenvalue weighted by Gasteiger charge is 2.46. The summed E-state index contributed by atoms with van der Waals surface area (Å²) in [6.07, 6.45) is 1.94. The number of aliphatic hydroxyl groups excluding tert-OH is 1. The number of fused-ring (bicyclic) bond motifs is 2. The molecule has 1 aliphatic heterocycles. The van der Waals surface area contributed by atoms with Gasteiger partial charge in [-0.25, -0.2) is 4.98 Å². The largest absolute Gasteiger partial charge is 0.488 e. The van der Waals surface area contributed by atoms with Crippen molar-refractivity contribution in [3.63, 3.8) is 0 Å². The number of aliphatic carboxylic acids is 1. The van der Waals surface area contributed by atoms with Gasteiger partial charge in [-0.2, -0.15) is 0 Å². The minimum absolute atomic E-state index is 0.0727. The molecule has 1 aromatic heterocycles. The van der Waals surface area contributed by atoms with Crippen molar-refractivity contribution < 1.29 is 24.5 Å². The Balaban J connectivity index is 1.31. The van der Waals surface area contributed by atoms with E-state index >= 15 is 0 Å². The summed E-state index contributed by atoms with van der Waals surface area (Å²) in [4.78, 5) is 33.0. The number of benzene rings is 2. The van der Waals surface area contributed by atoms with E-state index < -0.39 is 5.97 Å². The maximum atomic E-state index is 12.6. The minimum Gasteiger partial charge on any atom is -0.488 e. The number of carbonyl (C=O) groups is 2. The number of aryl methyl sites for hydroxylation is 2. The Morgan fingerprint density at radius 1 is 1.13 bits per heavy atom. The van der Waals surface area contributed by atoms with E-state index in [9.17, 15) is 14.7 Å². The SMILES string of the molecule is Cc1ccc(OCc2ccc(C(=O)N(C)CCO)cc2C)c(-c2csc(N3C[C@H]4CC[C@@H](C3)[C@H]4C(=O)O)n2)c1. The molecule has 5 rings (SSSR count). The number of carboxylic acids is 1. The third-order valence-corrected chi connectivity index (χ3v) is 8.95. The molecule has 8 nitrogen and oxygen atoms in total. The number of hydrogen-bond acceptors (Lipinski definition) is 7. The molecule has 3 aromatic rings. The first-order chi connectivity index (χ1) is 18.7. The van der Waals surface area contributed by atoms with Gasteiger partial charge in [-0.05, 0) is 73.9 Å². The Hall–Kier alpha value is -3.43. The third kappa shape index (κ3) is 5.65. The summed E-state index contributed by atoms with van der Waals surface area (Å²) in [5, 5.41) is 21.7. The number of carboxylic acid groups (broad SMARTS) is 1. The number of carbonyl (C=O) groups excluding carboxylic acids is 1. The topological polar surface area (TPSA) is 103 Å². The summed E-state index contributed by atoms with van der Waals surface area (Å²) in [7, 11) is 1.68. The molecule has 1 saturated heterocycles. The molecular weight excluding hydrogens is 514 g/mol. The Morgan fingerprint density at radius 3 is 2.54 bits per heavy atom. The normalized spacial score (nSPS) is 20.2. The molecule has 2 heterocycles. The average Bonchev–Trinajstić information content (AvgIpc) is 3.51. The Kier molecular flexibility index (Phi) is 7.91. The van der Waals surface area contributed by atoms with Crippen molar-refractivity contribution in [3.8, 4) is 17.0 Å². The summed E-state index contributed by atoms with van der Waals surface area (Å²) >= 11 is 1.59.